The largest absolute Gasteiger partial charge is 0.343 e. The zero-order valence-corrected chi connectivity index (χ0v) is 15.4. The summed E-state index contributed by atoms with van der Waals surface area (Å²) in [6.07, 6.45) is 6.55. The first-order chi connectivity index (χ1) is 12.5. The van der Waals surface area contributed by atoms with Gasteiger partial charge in [0.1, 0.15) is 12.1 Å². The molecule has 2 aliphatic heterocycles. The summed E-state index contributed by atoms with van der Waals surface area (Å²) in [5.41, 5.74) is 3.55. The minimum absolute atomic E-state index is 0.000351. The summed E-state index contributed by atoms with van der Waals surface area (Å²) in [6, 6.07) is 7.55. The first kappa shape index (κ1) is 16.9. The number of benzene rings is 1. The van der Waals surface area contributed by atoms with Gasteiger partial charge in [-0.3, -0.25) is 9.59 Å². The van der Waals surface area contributed by atoms with E-state index in [9.17, 15) is 9.59 Å². The number of fused-ring (bicyclic) bond motifs is 2. The Morgan fingerprint density at radius 2 is 2.08 bits per heavy atom. The van der Waals surface area contributed by atoms with Gasteiger partial charge in [0, 0.05) is 36.6 Å². The van der Waals surface area contributed by atoms with Crippen molar-refractivity contribution < 1.29 is 9.59 Å². The van der Waals surface area contributed by atoms with Gasteiger partial charge in [0.25, 0.3) is 0 Å². The van der Waals surface area contributed by atoms with Gasteiger partial charge in [-0.05, 0) is 38.3 Å². The molecule has 4 rings (SSSR count). The zero-order chi connectivity index (χ0) is 18.3. The maximum Gasteiger partial charge on any atom is 0.246 e. The highest BCUT2D eigenvalue weighted by molar-refractivity contribution is 5.98. The molecule has 1 aromatic carbocycles. The van der Waals surface area contributed by atoms with E-state index in [2.05, 4.69) is 48.1 Å². The predicted octanol–water partition coefficient (Wildman–Crippen LogP) is 2.64. The van der Waals surface area contributed by atoms with Crippen LogP contribution in [0.1, 0.15) is 32.3 Å². The molecule has 2 aliphatic rings. The fraction of sp³-hybridized carbons (Fsp3) is 0.429. The number of hydrogen-bond acceptors (Lipinski definition) is 2. The van der Waals surface area contributed by atoms with Crippen LogP contribution in [-0.4, -0.2) is 39.9 Å². The Bertz CT molecular complexity index is 892. The first-order valence-electron chi connectivity index (χ1n) is 9.35. The molecule has 26 heavy (non-hydrogen) atoms. The number of para-hydroxylation sites is 1. The Labute approximate surface area is 153 Å². The van der Waals surface area contributed by atoms with Crippen molar-refractivity contribution >= 4 is 22.7 Å². The molecule has 2 saturated heterocycles. The highest BCUT2D eigenvalue weighted by Gasteiger charge is 2.42. The van der Waals surface area contributed by atoms with Crippen molar-refractivity contribution in [2.24, 2.45) is 0 Å². The molecular formula is C21H25N3O2. The fourth-order valence-electron chi connectivity index (χ4n) is 4.11. The zero-order valence-electron chi connectivity index (χ0n) is 15.4. The van der Waals surface area contributed by atoms with Gasteiger partial charge in [-0.15, -0.1) is 0 Å². The SMILES string of the molecule is CC(C)=CCn1cc(CC2NC(=O)C3CCCN3C2=O)c2ccccc21. The van der Waals surface area contributed by atoms with Gasteiger partial charge in [0.15, 0.2) is 0 Å². The standard InChI is InChI=1S/C21H25N3O2/c1-14(2)9-11-23-13-15(16-6-3-4-7-18(16)23)12-17-21(26)24-10-5-8-19(24)20(25)22-17/h3-4,6-7,9,13,17,19H,5,8,10-12H2,1-2H3,(H,22,25). The number of carbonyl (C=O) groups is 2. The van der Waals surface area contributed by atoms with E-state index in [1.807, 2.05) is 12.1 Å². The summed E-state index contributed by atoms with van der Waals surface area (Å²) in [5, 5.41) is 4.11. The molecule has 0 spiro atoms. The topological polar surface area (TPSA) is 54.3 Å². The molecule has 0 bridgehead atoms. The molecule has 0 radical (unpaired) electrons. The molecular weight excluding hydrogens is 326 g/mol. The number of nitrogens with one attached hydrogen (secondary N) is 1. The summed E-state index contributed by atoms with van der Waals surface area (Å²) in [7, 11) is 0. The van der Waals surface area contributed by atoms with Gasteiger partial charge in [0.05, 0.1) is 0 Å². The van der Waals surface area contributed by atoms with Crippen LogP contribution in [0.5, 0.6) is 0 Å². The van der Waals surface area contributed by atoms with E-state index in [1.165, 1.54) is 5.57 Å². The van der Waals surface area contributed by atoms with Crippen molar-refractivity contribution in [1.29, 1.82) is 0 Å². The Morgan fingerprint density at radius 1 is 1.27 bits per heavy atom. The van der Waals surface area contributed by atoms with Gasteiger partial charge in [-0.2, -0.15) is 0 Å². The van der Waals surface area contributed by atoms with Gasteiger partial charge >= 0.3 is 0 Å². The highest BCUT2D eigenvalue weighted by Crippen LogP contribution is 2.26. The number of hydrogen-bond donors (Lipinski definition) is 1. The number of nitrogens with zero attached hydrogens (tertiary/aromatic N) is 2. The molecule has 5 heteroatoms. The van der Waals surface area contributed by atoms with Crippen LogP contribution in [0.15, 0.2) is 42.1 Å². The van der Waals surface area contributed by atoms with Crippen molar-refractivity contribution in [1.82, 2.24) is 14.8 Å². The Kier molecular flexibility index (Phi) is 4.31. The normalized spacial score (nSPS) is 22.5. The van der Waals surface area contributed by atoms with Crippen molar-refractivity contribution in [2.45, 2.75) is 51.7 Å². The Morgan fingerprint density at radius 3 is 2.88 bits per heavy atom. The van der Waals surface area contributed by atoms with E-state index >= 15 is 0 Å². The molecule has 0 saturated carbocycles. The monoisotopic (exact) mass is 351 g/mol. The number of piperazine rings is 1. The van der Waals surface area contributed by atoms with E-state index in [0.29, 0.717) is 13.0 Å². The molecule has 2 atom stereocenters. The summed E-state index contributed by atoms with van der Waals surface area (Å²) in [4.78, 5) is 26.9. The van der Waals surface area contributed by atoms with E-state index < -0.39 is 6.04 Å². The van der Waals surface area contributed by atoms with Crippen LogP contribution >= 0.6 is 0 Å². The van der Waals surface area contributed by atoms with Gasteiger partial charge < -0.3 is 14.8 Å². The molecule has 2 fully saturated rings. The second-order valence-electron chi connectivity index (χ2n) is 7.56. The van der Waals surface area contributed by atoms with E-state index in [1.54, 1.807) is 4.90 Å². The summed E-state index contributed by atoms with van der Waals surface area (Å²) in [6.45, 7) is 5.70. The van der Waals surface area contributed by atoms with Gasteiger partial charge in [0.2, 0.25) is 11.8 Å². The van der Waals surface area contributed by atoms with Crippen molar-refractivity contribution in [3.05, 3.63) is 47.7 Å². The molecule has 1 N–H and O–H groups in total. The molecule has 2 unspecified atom stereocenters. The highest BCUT2D eigenvalue weighted by atomic mass is 16.2. The van der Waals surface area contributed by atoms with E-state index in [-0.39, 0.29) is 17.9 Å². The molecule has 136 valence electrons. The number of rotatable bonds is 4. The lowest BCUT2D eigenvalue weighted by Crippen LogP contribution is -2.61. The number of allylic oxidation sites excluding steroid dienone is 2. The summed E-state index contributed by atoms with van der Waals surface area (Å²) < 4.78 is 2.21. The molecule has 2 amide bonds. The second kappa shape index (κ2) is 6.63. The maximum atomic E-state index is 12.8. The average molecular weight is 351 g/mol. The Balaban J connectivity index is 1.64. The van der Waals surface area contributed by atoms with Crippen LogP contribution in [0.2, 0.25) is 0 Å². The second-order valence-corrected chi connectivity index (χ2v) is 7.56. The van der Waals surface area contributed by atoms with E-state index in [4.69, 9.17) is 0 Å². The minimum atomic E-state index is -0.459. The third-order valence-electron chi connectivity index (χ3n) is 5.44. The lowest BCUT2D eigenvalue weighted by Gasteiger charge is -2.34. The molecule has 0 aliphatic carbocycles. The van der Waals surface area contributed by atoms with Crippen LogP contribution in [0.3, 0.4) is 0 Å². The van der Waals surface area contributed by atoms with E-state index in [0.717, 1.165) is 35.9 Å². The van der Waals surface area contributed by atoms with Crippen LogP contribution < -0.4 is 5.32 Å². The third-order valence-corrected chi connectivity index (χ3v) is 5.44. The van der Waals surface area contributed by atoms with Crippen LogP contribution in [-0.2, 0) is 22.6 Å². The van der Waals surface area contributed by atoms with Crippen LogP contribution in [0, 0.1) is 0 Å². The molecule has 5 nitrogen and oxygen atoms in total. The van der Waals surface area contributed by atoms with Crippen molar-refractivity contribution in [3.63, 3.8) is 0 Å². The van der Waals surface area contributed by atoms with Crippen molar-refractivity contribution in [3.8, 4) is 0 Å². The average Bonchev–Trinajstić information content (AvgIpc) is 3.24. The third kappa shape index (κ3) is 2.91. The summed E-state index contributed by atoms with van der Waals surface area (Å²) >= 11 is 0. The molecule has 1 aromatic heterocycles. The maximum absolute atomic E-state index is 12.8. The molecule has 2 aromatic rings. The smallest absolute Gasteiger partial charge is 0.246 e. The quantitative estimate of drug-likeness (QED) is 0.861. The number of carbonyl (C=O) groups excluding carboxylic acids is 2. The number of amides is 2. The summed E-state index contributed by atoms with van der Waals surface area (Å²) in [5.74, 6) is 0.0635. The lowest BCUT2D eigenvalue weighted by atomic mass is 10.0. The first-order valence-corrected chi connectivity index (χ1v) is 9.35. The predicted molar refractivity (Wildman–Crippen MR) is 102 cm³/mol. The van der Waals surface area contributed by atoms with Crippen LogP contribution in [0.25, 0.3) is 10.9 Å². The molecule has 3 heterocycles. The van der Waals surface area contributed by atoms with Gasteiger partial charge in [-0.1, -0.05) is 29.8 Å². The minimum Gasteiger partial charge on any atom is -0.343 e. The van der Waals surface area contributed by atoms with Gasteiger partial charge in [-0.25, -0.2) is 0 Å². The van der Waals surface area contributed by atoms with Crippen LogP contribution in [0.4, 0.5) is 0 Å². The van der Waals surface area contributed by atoms with Crippen molar-refractivity contribution in [2.75, 3.05) is 6.54 Å². The fourth-order valence-corrected chi connectivity index (χ4v) is 4.11. The lowest BCUT2D eigenvalue weighted by molar-refractivity contribution is -0.146. The Hall–Kier alpha value is -2.56. The number of aromatic nitrogens is 1.